The maximum Gasteiger partial charge on any atom is 0.416 e. The summed E-state index contributed by atoms with van der Waals surface area (Å²) in [6, 6.07) is 6.39. The number of pyridine rings is 1. The van der Waals surface area contributed by atoms with Gasteiger partial charge in [-0.15, -0.1) is 0 Å². The molecule has 3 nitrogen and oxygen atoms in total. The standard InChI is InChI=1S/C16H14F3NO2/c17-16(18,19)12-4-6-13(7-5-12)22-15-3-1-2-11-8-9-20(21)10-14(11)15/h4-10,15H,1-3H2. The third-order valence-electron chi connectivity index (χ3n) is 3.78. The molecule has 1 aliphatic carbocycles. The molecule has 1 aromatic heterocycles. The van der Waals surface area contributed by atoms with E-state index in [9.17, 15) is 18.4 Å². The summed E-state index contributed by atoms with van der Waals surface area (Å²) in [5, 5.41) is 11.4. The first-order valence-electron chi connectivity index (χ1n) is 6.99. The lowest BCUT2D eigenvalue weighted by atomic mass is 9.91. The average Bonchev–Trinajstić information content (AvgIpc) is 2.47. The molecule has 0 bridgehead atoms. The number of aryl methyl sites for hydroxylation is 1. The van der Waals surface area contributed by atoms with Crippen molar-refractivity contribution in [3.8, 4) is 5.75 Å². The Labute approximate surface area is 125 Å². The zero-order chi connectivity index (χ0) is 15.7. The lowest BCUT2D eigenvalue weighted by Gasteiger charge is -2.25. The van der Waals surface area contributed by atoms with E-state index >= 15 is 0 Å². The van der Waals surface area contributed by atoms with Crippen LogP contribution in [0.1, 0.15) is 35.6 Å². The molecule has 0 fully saturated rings. The van der Waals surface area contributed by atoms with Crippen molar-refractivity contribution >= 4 is 0 Å². The molecular weight excluding hydrogens is 295 g/mol. The van der Waals surface area contributed by atoms with Crippen LogP contribution in [-0.4, -0.2) is 0 Å². The zero-order valence-corrected chi connectivity index (χ0v) is 11.6. The molecule has 0 radical (unpaired) electrons. The number of hydrogen-bond acceptors (Lipinski definition) is 2. The summed E-state index contributed by atoms with van der Waals surface area (Å²) >= 11 is 0. The largest absolute Gasteiger partial charge is 0.619 e. The van der Waals surface area contributed by atoms with E-state index in [1.165, 1.54) is 24.5 Å². The summed E-state index contributed by atoms with van der Waals surface area (Å²) in [5.41, 5.74) is 1.15. The maximum absolute atomic E-state index is 12.5. The Hall–Kier alpha value is -2.24. The highest BCUT2D eigenvalue weighted by atomic mass is 19.4. The Morgan fingerprint density at radius 3 is 2.55 bits per heavy atom. The van der Waals surface area contributed by atoms with Crippen molar-refractivity contribution in [3.63, 3.8) is 0 Å². The van der Waals surface area contributed by atoms with Crippen molar-refractivity contribution in [1.29, 1.82) is 0 Å². The van der Waals surface area contributed by atoms with E-state index in [0.717, 1.165) is 42.5 Å². The lowest BCUT2D eigenvalue weighted by Crippen LogP contribution is -2.28. The van der Waals surface area contributed by atoms with Gasteiger partial charge in [-0.1, -0.05) is 0 Å². The Balaban J connectivity index is 1.81. The predicted molar refractivity (Wildman–Crippen MR) is 73.2 cm³/mol. The topological polar surface area (TPSA) is 36.2 Å². The summed E-state index contributed by atoms with van der Waals surface area (Å²) in [4.78, 5) is 0. The van der Waals surface area contributed by atoms with Gasteiger partial charge in [0, 0.05) is 6.07 Å². The first-order valence-corrected chi connectivity index (χ1v) is 6.99. The Morgan fingerprint density at radius 2 is 1.86 bits per heavy atom. The van der Waals surface area contributed by atoms with Gasteiger partial charge in [-0.3, -0.25) is 0 Å². The monoisotopic (exact) mass is 309 g/mol. The van der Waals surface area contributed by atoms with Crippen molar-refractivity contribution in [2.24, 2.45) is 0 Å². The van der Waals surface area contributed by atoms with Crippen LogP contribution in [-0.2, 0) is 12.6 Å². The summed E-state index contributed by atoms with van der Waals surface area (Å²) in [6.45, 7) is 0. The van der Waals surface area contributed by atoms with Gasteiger partial charge in [-0.25, -0.2) is 0 Å². The van der Waals surface area contributed by atoms with Crippen LogP contribution in [0.25, 0.3) is 0 Å². The summed E-state index contributed by atoms with van der Waals surface area (Å²) in [5.74, 6) is 0.368. The van der Waals surface area contributed by atoms with Gasteiger partial charge >= 0.3 is 6.18 Å². The van der Waals surface area contributed by atoms with Crippen LogP contribution in [0, 0.1) is 5.21 Å². The van der Waals surface area contributed by atoms with Gasteiger partial charge in [0.1, 0.15) is 11.9 Å². The molecule has 0 saturated carbocycles. The van der Waals surface area contributed by atoms with Crippen LogP contribution in [0.4, 0.5) is 13.2 Å². The molecule has 2 aromatic rings. The van der Waals surface area contributed by atoms with E-state index in [1.807, 2.05) is 0 Å². The summed E-state index contributed by atoms with van der Waals surface area (Å²) in [6.07, 6.45) is 0.788. The smallest absolute Gasteiger partial charge is 0.416 e. The zero-order valence-electron chi connectivity index (χ0n) is 11.6. The summed E-state index contributed by atoms with van der Waals surface area (Å²) < 4.78 is 44.1. The van der Waals surface area contributed by atoms with Gasteiger partial charge in [-0.2, -0.15) is 17.9 Å². The molecule has 116 valence electrons. The van der Waals surface area contributed by atoms with Crippen LogP contribution >= 0.6 is 0 Å². The maximum atomic E-state index is 12.5. The van der Waals surface area contributed by atoms with Gasteiger partial charge in [0.25, 0.3) is 0 Å². The molecule has 22 heavy (non-hydrogen) atoms. The molecular formula is C16H14F3NO2. The van der Waals surface area contributed by atoms with Gasteiger partial charge in [-0.05, 0) is 49.1 Å². The Morgan fingerprint density at radius 1 is 1.14 bits per heavy atom. The number of hydrogen-bond donors (Lipinski definition) is 0. The number of rotatable bonds is 2. The Kier molecular flexibility index (Phi) is 3.68. The third kappa shape index (κ3) is 3.00. The molecule has 6 heteroatoms. The fraction of sp³-hybridized carbons (Fsp3) is 0.312. The first kappa shape index (κ1) is 14.7. The molecule has 0 spiro atoms. The normalized spacial score (nSPS) is 17.9. The van der Waals surface area contributed by atoms with Crippen LogP contribution in [0.2, 0.25) is 0 Å². The van der Waals surface area contributed by atoms with E-state index in [2.05, 4.69) is 0 Å². The van der Waals surface area contributed by atoms with Crippen molar-refractivity contribution in [2.45, 2.75) is 31.5 Å². The third-order valence-corrected chi connectivity index (χ3v) is 3.78. The quantitative estimate of drug-likeness (QED) is 0.625. The highest BCUT2D eigenvalue weighted by Gasteiger charge is 2.30. The van der Waals surface area contributed by atoms with Gasteiger partial charge in [0.05, 0.1) is 11.1 Å². The molecule has 0 aliphatic heterocycles. The highest BCUT2D eigenvalue weighted by Crippen LogP contribution is 2.34. The second-order valence-corrected chi connectivity index (χ2v) is 5.31. The minimum atomic E-state index is -4.36. The fourth-order valence-electron chi connectivity index (χ4n) is 2.68. The number of aromatic nitrogens is 1. The number of nitrogens with zero attached hydrogens (tertiary/aromatic N) is 1. The lowest BCUT2D eigenvalue weighted by molar-refractivity contribution is -0.606. The molecule has 1 atom stereocenters. The van der Waals surface area contributed by atoms with Gasteiger partial charge in [0.15, 0.2) is 12.4 Å². The van der Waals surface area contributed by atoms with Crippen molar-refractivity contribution in [2.75, 3.05) is 0 Å². The van der Waals surface area contributed by atoms with Crippen LogP contribution in [0.15, 0.2) is 42.7 Å². The molecule has 1 unspecified atom stereocenters. The van der Waals surface area contributed by atoms with E-state index in [-0.39, 0.29) is 6.10 Å². The SMILES string of the molecule is [O-][n+]1ccc2c(c1)C(Oc1ccc(C(F)(F)F)cc1)CCC2. The van der Waals surface area contributed by atoms with Gasteiger partial charge in [0.2, 0.25) is 0 Å². The highest BCUT2D eigenvalue weighted by molar-refractivity contribution is 5.32. The molecule has 1 aromatic carbocycles. The first-order chi connectivity index (χ1) is 10.4. The minimum absolute atomic E-state index is 0.304. The van der Waals surface area contributed by atoms with E-state index < -0.39 is 11.7 Å². The molecule has 3 rings (SSSR count). The Bertz CT molecular complexity index is 668. The van der Waals surface area contributed by atoms with E-state index in [1.54, 1.807) is 6.07 Å². The average molecular weight is 309 g/mol. The van der Waals surface area contributed by atoms with Crippen molar-refractivity contribution in [3.05, 3.63) is 64.6 Å². The number of fused-ring (bicyclic) bond motifs is 1. The number of benzene rings is 1. The predicted octanol–water partition coefficient (Wildman–Crippen LogP) is 3.80. The molecule has 1 heterocycles. The molecule has 0 saturated heterocycles. The second-order valence-electron chi connectivity index (χ2n) is 5.31. The number of halogens is 3. The molecule has 0 amide bonds. The van der Waals surface area contributed by atoms with Crippen LogP contribution < -0.4 is 9.47 Å². The van der Waals surface area contributed by atoms with Crippen molar-refractivity contribution < 1.29 is 22.6 Å². The van der Waals surface area contributed by atoms with Crippen LogP contribution in [0.5, 0.6) is 5.75 Å². The van der Waals surface area contributed by atoms with Crippen molar-refractivity contribution in [1.82, 2.24) is 0 Å². The number of alkyl halides is 3. The molecule has 0 N–H and O–H groups in total. The minimum Gasteiger partial charge on any atom is -0.619 e. The van der Waals surface area contributed by atoms with Gasteiger partial charge < -0.3 is 9.94 Å². The number of ether oxygens (including phenoxy) is 1. The van der Waals surface area contributed by atoms with Crippen LogP contribution in [0.3, 0.4) is 0 Å². The van der Waals surface area contributed by atoms with E-state index in [4.69, 9.17) is 4.74 Å². The molecule has 1 aliphatic rings. The second kappa shape index (κ2) is 5.51. The fourth-order valence-corrected chi connectivity index (χ4v) is 2.68. The van der Waals surface area contributed by atoms with E-state index in [0.29, 0.717) is 10.5 Å². The summed E-state index contributed by atoms with van der Waals surface area (Å²) in [7, 11) is 0.